The van der Waals surface area contributed by atoms with E-state index >= 15 is 0 Å². The standard InChI is InChI=1S/C9H8BrN3/c1-5(2)8-7-3-6(10)4-11-9(7)13-12-8/h3-4H,1H2,2H3,(H,11,12,13). The predicted octanol–water partition coefficient (Wildman–Crippen LogP) is 2.75. The van der Waals surface area contributed by atoms with Gasteiger partial charge in [-0.3, -0.25) is 5.10 Å². The lowest BCUT2D eigenvalue weighted by atomic mass is 10.2. The summed E-state index contributed by atoms with van der Waals surface area (Å²) in [5, 5.41) is 7.97. The Balaban J connectivity index is 2.79. The third kappa shape index (κ3) is 1.37. The maximum Gasteiger partial charge on any atom is 0.181 e. The Hall–Kier alpha value is -1.16. The minimum absolute atomic E-state index is 0.723. The second-order valence-corrected chi connectivity index (χ2v) is 3.82. The predicted molar refractivity (Wildman–Crippen MR) is 56.3 cm³/mol. The Bertz CT molecular complexity index is 473. The summed E-state index contributed by atoms with van der Waals surface area (Å²) in [4.78, 5) is 4.15. The Kier molecular flexibility index (Phi) is 1.92. The first-order chi connectivity index (χ1) is 6.18. The van der Waals surface area contributed by atoms with Crippen LogP contribution in [0.25, 0.3) is 16.6 Å². The molecule has 2 heterocycles. The molecule has 0 bridgehead atoms. The van der Waals surface area contributed by atoms with Crippen LogP contribution in [0.1, 0.15) is 12.6 Å². The van der Waals surface area contributed by atoms with Crippen molar-refractivity contribution in [2.75, 3.05) is 0 Å². The van der Waals surface area contributed by atoms with Crippen LogP contribution in [-0.4, -0.2) is 15.2 Å². The molecule has 2 aromatic rings. The fourth-order valence-corrected chi connectivity index (χ4v) is 1.53. The van der Waals surface area contributed by atoms with Crippen LogP contribution < -0.4 is 0 Å². The van der Waals surface area contributed by atoms with Gasteiger partial charge in [-0.25, -0.2) is 4.98 Å². The maximum atomic E-state index is 4.15. The molecule has 0 saturated carbocycles. The SMILES string of the molecule is C=C(C)c1[nH]nc2ncc(Br)cc12. The van der Waals surface area contributed by atoms with E-state index in [-0.39, 0.29) is 0 Å². The molecule has 66 valence electrons. The van der Waals surface area contributed by atoms with E-state index in [4.69, 9.17) is 0 Å². The molecular formula is C9H8BrN3. The van der Waals surface area contributed by atoms with Crippen LogP contribution in [-0.2, 0) is 0 Å². The topological polar surface area (TPSA) is 41.6 Å². The number of pyridine rings is 1. The molecule has 0 aromatic carbocycles. The quantitative estimate of drug-likeness (QED) is 0.829. The van der Waals surface area contributed by atoms with Crippen molar-refractivity contribution in [3.8, 4) is 0 Å². The van der Waals surface area contributed by atoms with Gasteiger partial charge in [-0.1, -0.05) is 6.58 Å². The molecule has 3 nitrogen and oxygen atoms in total. The van der Waals surface area contributed by atoms with E-state index in [1.807, 2.05) is 13.0 Å². The molecule has 0 aliphatic heterocycles. The third-order valence-corrected chi connectivity index (χ3v) is 2.24. The molecule has 0 unspecified atom stereocenters. The summed E-state index contributed by atoms with van der Waals surface area (Å²) in [7, 11) is 0. The summed E-state index contributed by atoms with van der Waals surface area (Å²) in [6.45, 7) is 5.80. The Morgan fingerprint density at radius 2 is 2.38 bits per heavy atom. The summed E-state index contributed by atoms with van der Waals surface area (Å²) in [6, 6.07) is 1.98. The van der Waals surface area contributed by atoms with Crippen LogP contribution in [0.4, 0.5) is 0 Å². The van der Waals surface area contributed by atoms with Crippen LogP contribution in [0, 0.1) is 0 Å². The van der Waals surface area contributed by atoms with E-state index in [1.54, 1.807) is 6.20 Å². The second kappa shape index (κ2) is 2.96. The highest BCUT2D eigenvalue weighted by Gasteiger charge is 2.06. The van der Waals surface area contributed by atoms with Crippen molar-refractivity contribution in [3.63, 3.8) is 0 Å². The Labute approximate surface area is 84.0 Å². The van der Waals surface area contributed by atoms with Gasteiger partial charge in [-0.15, -0.1) is 0 Å². The van der Waals surface area contributed by atoms with Gasteiger partial charge in [-0.2, -0.15) is 5.10 Å². The van der Waals surface area contributed by atoms with Gasteiger partial charge in [0.2, 0.25) is 0 Å². The van der Waals surface area contributed by atoms with Crippen LogP contribution in [0.2, 0.25) is 0 Å². The molecular weight excluding hydrogens is 230 g/mol. The molecule has 13 heavy (non-hydrogen) atoms. The average molecular weight is 238 g/mol. The number of fused-ring (bicyclic) bond motifs is 1. The molecule has 4 heteroatoms. The van der Waals surface area contributed by atoms with Crippen molar-refractivity contribution in [2.24, 2.45) is 0 Å². The molecule has 0 saturated heterocycles. The summed E-state index contributed by atoms with van der Waals surface area (Å²) < 4.78 is 0.948. The van der Waals surface area contributed by atoms with Gasteiger partial charge in [0.25, 0.3) is 0 Å². The number of hydrogen-bond donors (Lipinski definition) is 1. The minimum atomic E-state index is 0.723. The first-order valence-corrected chi connectivity index (χ1v) is 4.63. The lowest BCUT2D eigenvalue weighted by Gasteiger charge is -1.94. The van der Waals surface area contributed by atoms with Crippen molar-refractivity contribution < 1.29 is 0 Å². The zero-order valence-corrected chi connectivity index (χ0v) is 8.72. The summed E-state index contributed by atoms with van der Waals surface area (Å²) >= 11 is 3.37. The number of nitrogens with one attached hydrogen (secondary N) is 1. The van der Waals surface area contributed by atoms with Crippen molar-refractivity contribution in [1.82, 2.24) is 15.2 Å². The summed E-state index contributed by atoms with van der Waals surface area (Å²) in [5.74, 6) is 0. The minimum Gasteiger partial charge on any atom is -0.275 e. The van der Waals surface area contributed by atoms with Gasteiger partial charge in [-0.05, 0) is 34.5 Å². The van der Waals surface area contributed by atoms with E-state index in [0.717, 1.165) is 26.8 Å². The molecule has 0 radical (unpaired) electrons. The molecule has 2 rings (SSSR count). The van der Waals surface area contributed by atoms with E-state index in [1.165, 1.54) is 0 Å². The van der Waals surface area contributed by atoms with Crippen molar-refractivity contribution >= 4 is 32.5 Å². The van der Waals surface area contributed by atoms with Crippen LogP contribution >= 0.6 is 15.9 Å². The van der Waals surface area contributed by atoms with Gasteiger partial charge < -0.3 is 0 Å². The van der Waals surface area contributed by atoms with Crippen LogP contribution in [0.5, 0.6) is 0 Å². The number of halogens is 1. The maximum absolute atomic E-state index is 4.15. The number of aromatic nitrogens is 3. The molecule has 0 aliphatic rings. The molecule has 0 amide bonds. The lowest BCUT2D eigenvalue weighted by Crippen LogP contribution is -1.78. The zero-order valence-electron chi connectivity index (χ0n) is 7.13. The second-order valence-electron chi connectivity index (χ2n) is 2.90. The Morgan fingerprint density at radius 1 is 1.62 bits per heavy atom. The highest BCUT2D eigenvalue weighted by atomic mass is 79.9. The average Bonchev–Trinajstić information content (AvgIpc) is 2.46. The molecule has 0 fully saturated rings. The number of nitrogens with zero attached hydrogens (tertiary/aromatic N) is 2. The zero-order chi connectivity index (χ0) is 9.42. The third-order valence-electron chi connectivity index (χ3n) is 1.80. The highest BCUT2D eigenvalue weighted by molar-refractivity contribution is 9.10. The van der Waals surface area contributed by atoms with E-state index in [0.29, 0.717) is 0 Å². The first-order valence-electron chi connectivity index (χ1n) is 3.84. The smallest absolute Gasteiger partial charge is 0.181 e. The molecule has 0 aliphatic carbocycles. The number of allylic oxidation sites excluding steroid dienone is 1. The van der Waals surface area contributed by atoms with Crippen LogP contribution in [0.3, 0.4) is 0 Å². The molecule has 0 atom stereocenters. The monoisotopic (exact) mass is 237 g/mol. The highest BCUT2D eigenvalue weighted by Crippen LogP contribution is 2.22. The number of rotatable bonds is 1. The molecule has 0 spiro atoms. The fraction of sp³-hybridized carbons (Fsp3) is 0.111. The summed E-state index contributed by atoms with van der Waals surface area (Å²) in [5.41, 5.74) is 2.63. The van der Waals surface area contributed by atoms with Gasteiger partial charge in [0.15, 0.2) is 5.65 Å². The first kappa shape index (κ1) is 8.44. The Morgan fingerprint density at radius 3 is 3.08 bits per heavy atom. The largest absolute Gasteiger partial charge is 0.275 e. The fourth-order valence-electron chi connectivity index (χ4n) is 1.20. The van der Waals surface area contributed by atoms with E-state index in [9.17, 15) is 0 Å². The summed E-state index contributed by atoms with van der Waals surface area (Å²) in [6.07, 6.45) is 1.73. The van der Waals surface area contributed by atoms with Gasteiger partial charge in [0.05, 0.1) is 5.69 Å². The van der Waals surface area contributed by atoms with Gasteiger partial charge in [0, 0.05) is 16.1 Å². The van der Waals surface area contributed by atoms with Crippen molar-refractivity contribution in [3.05, 3.63) is 29.0 Å². The van der Waals surface area contributed by atoms with Crippen molar-refractivity contribution in [1.29, 1.82) is 0 Å². The van der Waals surface area contributed by atoms with Gasteiger partial charge in [0.1, 0.15) is 0 Å². The number of aromatic amines is 1. The molecule has 1 N–H and O–H groups in total. The number of H-pyrrole nitrogens is 1. The van der Waals surface area contributed by atoms with E-state index in [2.05, 4.69) is 37.7 Å². The number of hydrogen-bond acceptors (Lipinski definition) is 2. The van der Waals surface area contributed by atoms with Crippen molar-refractivity contribution in [2.45, 2.75) is 6.92 Å². The normalized spacial score (nSPS) is 10.6. The van der Waals surface area contributed by atoms with Gasteiger partial charge >= 0.3 is 0 Å². The van der Waals surface area contributed by atoms with E-state index < -0.39 is 0 Å². The lowest BCUT2D eigenvalue weighted by molar-refractivity contribution is 1.08. The van der Waals surface area contributed by atoms with Crippen LogP contribution in [0.15, 0.2) is 23.3 Å². The molecule has 2 aromatic heterocycles.